The molecular weight excluding hydrogens is 306 g/mol. The molecule has 1 aromatic heterocycles. The van der Waals surface area contributed by atoms with E-state index in [9.17, 15) is 14.9 Å². The van der Waals surface area contributed by atoms with Gasteiger partial charge >= 0.3 is 5.95 Å². The molecule has 1 amide bonds. The van der Waals surface area contributed by atoms with E-state index in [2.05, 4.69) is 25.9 Å². The van der Waals surface area contributed by atoms with E-state index in [0.29, 0.717) is 17.0 Å². The summed E-state index contributed by atoms with van der Waals surface area (Å²) in [7, 11) is 1.53. The van der Waals surface area contributed by atoms with Gasteiger partial charge in [0.1, 0.15) is 12.3 Å². The molecule has 0 aliphatic rings. The molecule has 2 rings (SSSR count). The summed E-state index contributed by atoms with van der Waals surface area (Å²) in [4.78, 5) is 22.6. The van der Waals surface area contributed by atoms with Crippen LogP contribution in [-0.2, 0) is 6.54 Å². The van der Waals surface area contributed by atoms with Crippen LogP contribution in [0.1, 0.15) is 17.3 Å². The van der Waals surface area contributed by atoms with Crippen LogP contribution in [0.3, 0.4) is 0 Å². The standard InChI is InChI=1S/C12H13N7O4/c1-8(7-18-16-12(15-17-18)19(21)22)13-14-11(20)9-3-5-10(23-2)6-4-9/h3-6H,7H2,1-2H3,(H,14,20). The van der Waals surface area contributed by atoms with Crippen LogP contribution in [0.4, 0.5) is 5.95 Å². The molecule has 11 heteroatoms. The summed E-state index contributed by atoms with van der Waals surface area (Å²) in [6.07, 6.45) is 0. The summed E-state index contributed by atoms with van der Waals surface area (Å²) in [6, 6.07) is 6.51. The number of aromatic nitrogens is 4. The number of carbonyl (C=O) groups excluding carboxylic acids is 1. The number of hydrazone groups is 1. The first-order valence-corrected chi connectivity index (χ1v) is 6.39. The van der Waals surface area contributed by atoms with Crippen LogP contribution in [0.5, 0.6) is 5.75 Å². The summed E-state index contributed by atoms with van der Waals surface area (Å²) in [5, 5.41) is 24.6. The Morgan fingerprint density at radius 1 is 1.43 bits per heavy atom. The Morgan fingerprint density at radius 2 is 2.13 bits per heavy atom. The topological polar surface area (TPSA) is 137 Å². The van der Waals surface area contributed by atoms with Crippen molar-refractivity contribution in [3.05, 3.63) is 39.9 Å². The fourth-order valence-corrected chi connectivity index (χ4v) is 1.57. The van der Waals surface area contributed by atoms with Crippen molar-refractivity contribution in [2.75, 3.05) is 7.11 Å². The largest absolute Gasteiger partial charge is 0.514 e. The number of nitrogens with one attached hydrogen (secondary N) is 1. The molecule has 0 spiro atoms. The van der Waals surface area contributed by atoms with E-state index in [4.69, 9.17) is 4.74 Å². The number of ether oxygens (including phenoxy) is 1. The molecule has 0 aliphatic carbocycles. The lowest BCUT2D eigenvalue weighted by Gasteiger charge is -2.03. The van der Waals surface area contributed by atoms with Crippen LogP contribution in [-0.4, -0.2) is 43.9 Å². The number of benzene rings is 1. The van der Waals surface area contributed by atoms with Crippen molar-refractivity contribution in [1.29, 1.82) is 0 Å². The molecule has 0 unspecified atom stereocenters. The number of nitro groups is 1. The third-order valence-corrected chi connectivity index (χ3v) is 2.68. The summed E-state index contributed by atoms with van der Waals surface area (Å²) < 4.78 is 5.00. The fraction of sp³-hybridized carbons (Fsp3) is 0.250. The molecule has 23 heavy (non-hydrogen) atoms. The Hall–Kier alpha value is -3.37. The number of tetrazole rings is 1. The Morgan fingerprint density at radius 3 is 2.70 bits per heavy atom. The van der Waals surface area contributed by atoms with Gasteiger partial charge in [0, 0.05) is 10.8 Å². The molecule has 0 saturated heterocycles. The second-order valence-corrected chi connectivity index (χ2v) is 4.39. The van der Waals surface area contributed by atoms with Crippen molar-refractivity contribution in [3.63, 3.8) is 0 Å². The predicted octanol–water partition coefficient (Wildman–Crippen LogP) is 0.396. The molecule has 0 atom stereocenters. The monoisotopic (exact) mass is 319 g/mol. The third kappa shape index (κ3) is 4.30. The van der Waals surface area contributed by atoms with Crippen LogP contribution in [0.2, 0.25) is 0 Å². The Balaban J connectivity index is 1.94. The zero-order valence-electron chi connectivity index (χ0n) is 12.3. The molecular formula is C12H13N7O4. The Kier molecular flexibility index (Phi) is 4.92. The van der Waals surface area contributed by atoms with Gasteiger partial charge in [-0.1, -0.05) is 4.80 Å². The lowest BCUT2D eigenvalue weighted by molar-refractivity contribution is -0.394. The van der Waals surface area contributed by atoms with Gasteiger partial charge in [0.2, 0.25) is 0 Å². The molecule has 11 nitrogen and oxygen atoms in total. The molecule has 0 aliphatic heterocycles. The average molecular weight is 319 g/mol. The number of amides is 1. The Bertz CT molecular complexity index is 738. The van der Waals surface area contributed by atoms with Crippen LogP contribution >= 0.6 is 0 Å². The molecule has 1 heterocycles. The second kappa shape index (κ2) is 7.06. The molecule has 0 bridgehead atoms. The van der Waals surface area contributed by atoms with Crippen LogP contribution in [0.25, 0.3) is 0 Å². The quantitative estimate of drug-likeness (QED) is 0.462. The van der Waals surface area contributed by atoms with E-state index < -0.39 is 16.8 Å². The van der Waals surface area contributed by atoms with Gasteiger partial charge in [-0.25, -0.2) is 5.43 Å². The highest BCUT2D eigenvalue weighted by atomic mass is 16.6. The van der Waals surface area contributed by atoms with Gasteiger partial charge in [0.15, 0.2) is 0 Å². The summed E-state index contributed by atoms with van der Waals surface area (Å²) in [6.45, 7) is 1.67. The highest BCUT2D eigenvalue weighted by molar-refractivity contribution is 5.95. The zero-order valence-corrected chi connectivity index (χ0v) is 12.3. The Labute approximate surface area is 130 Å². The molecule has 120 valence electrons. The second-order valence-electron chi connectivity index (χ2n) is 4.39. The van der Waals surface area contributed by atoms with E-state index in [0.717, 1.165) is 4.80 Å². The first kappa shape index (κ1) is 16.0. The van der Waals surface area contributed by atoms with Crippen molar-refractivity contribution in [1.82, 2.24) is 25.6 Å². The first-order chi connectivity index (χ1) is 11.0. The van der Waals surface area contributed by atoms with Gasteiger partial charge in [-0.05, 0) is 36.1 Å². The lowest BCUT2D eigenvalue weighted by Crippen LogP contribution is -2.21. The van der Waals surface area contributed by atoms with Crippen LogP contribution in [0, 0.1) is 10.1 Å². The molecule has 2 aromatic rings. The van der Waals surface area contributed by atoms with Crippen molar-refractivity contribution >= 4 is 17.6 Å². The molecule has 1 N–H and O–H groups in total. The number of nitrogens with zero attached hydrogens (tertiary/aromatic N) is 6. The summed E-state index contributed by atoms with van der Waals surface area (Å²) in [5.41, 5.74) is 3.23. The maximum atomic E-state index is 11.9. The van der Waals surface area contributed by atoms with E-state index >= 15 is 0 Å². The fourth-order valence-electron chi connectivity index (χ4n) is 1.57. The van der Waals surface area contributed by atoms with Gasteiger partial charge in [-0.3, -0.25) is 4.79 Å². The van der Waals surface area contributed by atoms with Crippen molar-refractivity contribution in [3.8, 4) is 5.75 Å². The molecule has 0 saturated carbocycles. The van der Waals surface area contributed by atoms with E-state index in [-0.39, 0.29) is 6.54 Å². The third-order valence-electron chi connectivity index (χ3n) is 2.68. The molecule has 0 radical (unpaired) electrons. The van der Waals surface area contributed by atoms with Crippen molar-refractivity contribution in [2.24, 2.45) is 5.10 Å². The minimum atomic E-state index is -0.749. The number of methoxy groups -OCH3 is 1. The SMILES string of the molecule is COc1ccc(C(=O)NN=C(C)Cn2nnc([N+](=O)[O-])n2)cc1. The van der Waals surface area contributed by atoms with Gasteiger partial charge in [-0.2, -0.15) is 5.10 Å². The minimum Gasteiger partial charge on any atom is -0.497 e. The normalized spacial score (nSPS) is 11.1. The van der Waals surface area contributed by atoms with Crippen LogP contribution < -0.4 is 10.2 Å². The maximum absolute atomic E-state index is 11.9. The van der Waals surface area contributed by atoms with Gasteiger partial charge in [0.05, 0.1) is 23.0 Å². The molecule has 1 aromatic carbocycles. The van der Waals surface area contributed by atoms with Crippen molar-refractivity contribution < 1.29 is 14.5 Å². The number of carbonyl (C=O) groups is 1. The first-order valence-electron chi connectivity index (χ1n) is 6.39. The van der Waals surface area contributed by atoms with Gasteiger partial charge in [-0.15, -0.1) is 0 Å². The van der Waals surface area contributed by atoms with E-state index in [1.807, 2.05) is 0 Å². The lowest BCUT2D eigenvalue weighted by atomic mass is 10.2. The highest BCUT2D eigenvalue weighted by Crippen LogP contribution is 2.10. The smallest absolute Gasteiger partial charge is 0.497 e. The molecule has 0 fully saturated rings. The predicted molar refractivity (Wildman–Crippen MR) is 78.0 cm³/mol. The summed E-state index contributed by atoms with van der Waals surface area (Å²) >= 11 is 0. The van der Waals surface area contributed by atoms with Gasteiger partial charge < -0.3 is 14.9 Å². The number of hydrogen-bond acceptors (Lipinski definition) is 8. The number of hydrogen-bond donors (Lipinski definition) is 1. The van der Waals surface area contributed by atoms with Crippen LogP contribution in [0.15, 0.2) is 29.4 Å². The highest BCUT2D eigenvalue weighted by Gasteiger charge is 2.15. The zero-order chi connectivity index (χ0) is 16.8. The summed E-state index contributed by atoms with van der Waals surface area (Å²) in [5.74, 6) is -0.357. The van der Waals surface area contributed by atoms with E-state index in [1.54, 1.807) is 31.2 Å². The van der Waals surface area contributed by atoms with E-state index in [1.165, 1.54) is 7.11 Å². The van der Waals surface area contributed by atoms with Gasteiger partial charge in [0.25, 0.3) is 5.91 Å². The number of rotatable bonds is 6. The average Bonchev–Trinajstić information content (AvgIpc) is 3.01. The minimum absolute atomic E-state index is 0.0593. The maximum Gasteiger partial charge on any atom is 0.514 e. The van der Waals surface area contributed by atoms with Crippen molar-refractivity contribution in [2.45, 2.75) is 13.5 Å².